The molecule has 0 aromatic carbocycles. The van der Waals surface area contributed by atoms with Gasteiger partial charge < -0.3 is 16.1 Å². The van der Waals surface area contributed by atoms with Gasteiger partial charge in [0.1, 0.15) is 17.5 Å². The lowest BCUT2D eigenvalue weighted by Gasteiger charge is -2.08. The summed E-state index contributed by atoms with van der Waals surface area (Å²) in [6.07, 6.45) is 1.13. The highest BCUT2D eigenvalue weighted by Gasteiger charge is 2.03. The number of nitrogens with two attached hydrogens (primary N) is 1. The number of amides is 1. The van der Waals surface area contributed by atoms with Crippen LogP contribution < -0.4 is 21.9 Å². The van der Waals surface area contributed by atoms with Crippen LogP contribution in [-0.2, 0) is 11.2 Å². The molecule has 0 radical (unpaired) electrons. The van der Waals surface area contributed by atoms with Crippen LogP contribution in [0.2, 0.25) is 0 Å². The summed E-state index contributed by atoms with van der Waals surface area (Å²) >= 11 is 0. The number of nitrogens with zero attached hydrogens (tertiary/aromatic N) is 2. The van der Waals surface area contributed by atoms with Gasteiger partial charge >= 0.3 is 0 Å². The van der Waals surface area contributed by atoms with E-state index in [9.17, 15) is 4.79 Å². The van der Waals surface area contributed by atoms with E-state index >= 15 is 0 Å². The Hall–Kier alpha value is -1.89. The minimum atomic E-state index is 0.0203. The highest BCUT2D eigenvalue weighted by molar-refractivity contribution is 5.76. The van der Waals surface area contributed by atoms with Crippen molar-refractivity contribution in [3.05, 3.63) is 11.9 Å². The number of hydrazine groups is 1. The van der Waals surface area contributed by atoms with Gasteiger partial charge in [0.25, 0.3) is 0 Å². The number of hydrogen-bond acceptors (Lipinski definition) is 6. The number of carbonyl (C=O) groups is 1. The summed E-state index contributed by atoms with van der Waals surface area (Å²) in [7, 11) is 0. The van der Waals surface area contributed by atoms with Crippen molar-refractivity contribution in [3.8, 4) is 0 Å². The normalized spacial score (nSPS) is 9.94. The van der Waals surface area contributed by atoms with Gasteiger partial charge in [-0.15, -0.1) is 0 Å². The Bertz CT molecular complexity index is 373. The molecule has 0 bridgehead atoms. The molecule has 0 aliphatic rings. The number of hydrogen-bond donors (Lipinski definition) is 4. The van der Waals surface area contributed by atoms with E-state index in [0.717, 1.165) is 6.42 Å². The summed E-state index contributed by atoms with van der Waals surface area (Å²) in [5, 5.41) is 5.81. The largest absolute Gasteiger partial charge is 0.369 e. The minimum absolute atomic E-state index is 0.0203. The quantitative estimate of drug-likeness (QED) is 0.410. The number of aryl methyl sites for hydroxylation is 1. The van der Waals surface area contributed by atoms with Gasteiger partial charge in [0.15, 0.2) is 0 Å². The van der Waals surface area contributed by atoms with Crippen molar-refractivity contribution in [2.45, 2.75) is 26.7 Å². The highest BCUT2D eigenvalue weighted by atomic mass is 16.1. The lowest BCUT2D eigenvalue weighted by Crippen LogP contribution is -2.25. The third-order valence-corrected chi connectivity index (χ3v) is 2.27. The van der Waals surface area contributed by atoms with Crippen LogP contribution in [0.4, 0.5) is 11.6 Å². The van der Waals surface area contributed by atoms with Crippen molar-refractivity contribution in [2.75, 3.05) is 23.8 Å². The fraction of sp³-hybridized carbons (Fsp3) is 0.545. The third kappa shape index (κ3) is 4.54. The Kier molecular flexibility index (Phi) is 5.86. The molecular weight excluding hydrogens is 232 g/mol. The van der Waals surface area contributed by atoms with Crippen LogP contribution in [0.1, 0.15) is 26.1 Å². The van der Waals surface area contributed by atoms with Crippen molar-refractivity contribution in [1.82, 2.24) is 15.3 Å². The van der Waals surface area contributed by atoms with Crippen LogP contribution in [0.25, 0.3) is 0 Å². The Morgan fingerprint density at radius 2 is 2.06 bits per heavy atom. The van der Waals surface area contributed by atoms with E-state index in [4.69, 9.17) is 5.84 Å². The van der Waals surface area contributed by atoms with E-state index in [0.29, 0.717) is 37.0 Å². The molecule has 0 saturated carbocycles. The molecule has 1 rings (SSSR count). The summed E-state index contributed by atoms with van der Waals surface area (Å²) in [5.74, 6) is 7.27. The van der Waals surface area contributed by atoms with Gasteiger partial charge in [0, 0.05) is 32.0 Å². The van der Waals surface area contributed by atoms with Crippen LogP contribution in [0, 0.1) is 0 Å². The van der Waals surface area contributed by atoms with E-state index in [-0.39, 0.29) is 5.91 Å². The summed E-state index contributed by atoms with van der Waals surface area (Å²) in [6, 6.07) is 1.71. The van der Waals surface area contributed by atoms with Crippen molar-refractivity contribution in [3.63, 3.8) is 0 Å². The van der Waals surface area contributed by atoms with Crippen LogP contribution in [0.3, 0.4) is 0 Å². The van der Waals surface area contributed by atoms with Crippen LogP contribution in [0.5, 0.6) is 0 Å². The number of nitrogens with one attached hydrogen (secondary N) is 3. The maximum atomic E-state index is 11.3. The molecule has 1 aromatic rings. The van der Waals surface area contributed by atoms with Crippen molar-refractivity contribution in [1.29, 1.82) is 0 Å². The zero-order valence-corrected chi connectivity index (χ0v) is 10.8. The Morgan fingerprint density at radius 1 is 1.33 bits per heavy atom. The molecule has 7 nitrogen and oxygen atoms in total. The molecule has 0 aliphatic heterocycles. The first-order valence-electron chi connectivity index (χ1n) is 6.04. The smallest absolute Gasteiger partial charge is 0.221 e. The second-order valence-electron chi connectivity index (χ2n) is 3.68. The third-order valence-electron chi connectivity index (χ3n) is 2.27. The average Bonchev–Trinajstić information content (AvgIpc) is 2.38. The molecule has 0 aliphatic carbocycles. The van der Waals surface area contributed by atoms with Gasteiger partial charge in [-0.2, -0.15) is 0 Å². The van der Waals surface area contributed by atoms with E-state index < -0.39 is 0 Å². The van der Waals surface area contributed by atoms with Gasteiger partial charge in [0.2, 0.25) is 5.91 Å². The molecule has 100 valence electrons. The van der Waals surface area contributed by atoms with Crippen molar-refractivity contribution < 1.29 is 4.79 Å². The fourth-order valence-corrected chi connectivity index (χ4v) is 1.41. The zero-order chi connectivity index (χ0) is 13.4. The number of nitrogen functional groups attached to an aromatic ring is 1. The molecule has 0 spiro atoms. The maximum Gasteiger partial charge on any atom is 0.221 e. The van der Waals surface area contributed by atoms with E-state index in [2.05, 4.69) is 26.0 Å². The molecule has 0 atom stereocenters. The maximum absolute atomic E-state index is 11.3. The lowest BCUT2D eigenvalue weighted by molar-refractivity contribution is -0.120. The molecule has 18 heavy (non-hydrogen) atoms. The molecule has 1 amide bonds. The van der Waals surface area contributed by atoms with Gasteiger partial charge in [-0.25, -0.2) is 15.8 Å². The highest BCUT2D eigenvalue weighted by Crippen LogP contribution is 2.10. The second-order valence-corrected chi connectivity index (χ2v) is 3.68. The van der Waals surface area contributed by atoms with E-state index in [1.54, 1.807) is 6.07 Å². The zero-order valence-electron chi connectivity index (χ0n) is 10.8. The molecule has 7 heteroatoms. The van der Waals surface area contributed by atoms with Crippen LogP contribution >= 0.6 is 0 Å². The topological polar surface area (TPSA) is 105 Å². The summed E-state index contributed by atoms with van der Waals surface area (Å²) in [6.45, 7) is 5.03. The standard InChI is InChI=1S/C11H20N6O/c1-3-8-15-9(7-10(16-8)17-12)14-6-5-11(18)13-4-2/h7H,3-6,12H2,1-2H3,(H,13,18)(H2,14,15,16,17). The summed E-state index contributed by atoms with van der Waals surface area (Å²) in [4.78, 5) is 19.7. The van der Waals surface area contributed by atoms with Crippen LogP contribution in [-0.4, -0.2) is 29.0 Å². The Morgan fingerprint density at radius 3 is 2.67 bits per heavy atom. The second kappa shape index (κ2) is 7.44. The first-order valence-corrected chi connectivity index (χ1v) is 6.04. The lowest BCUT2D eigenvalue weighted by atomic mass is 10.3. The molecular formula is C11H20N6O. The predicted octanol–water partition coefficient (Wildman–Crippen LogP) is 0.263. The Labute approximate surface area is 107 Å². The number of anilines is 2. The fourth-order valence-electron chi connectivity index (χ4n) is 1.41. The van der Waals surface area contributed by atoms with Gasteiger partial charge in [-0.05, 0) is 6.92 Å². The number of aromatic nitrogens is 2. The minimum Gasteiger partial charge on any atom is -0.369 e. The van der Waals surface area contributed by atoms with Crippen molar-refractivity contribution in [2.24, 2.45) is 5.84 Å². The first kappa shape index (κ1) is 14.2. The molecule has 5 N–H and O–H groups in total. The monoisotopic (exact) mass is 252 g/mol. The number of carbonyl (C=O) groups excluding carboxylic acids is 1. The first-order chi connectivity index (χ1) is 8.69. The summed E-state index contributed by atoms with van der Waals surface area (Å²) < 4.78 is 0. The SMILES string of the molecule is CCNC(=O)CCNc1cc(NN)nc(CC)n1. The molecule has 0 unspecified atom stereocenters. The number of rotatable bonds is 7. The Balaban J connectivity index is 2.53. The van der Waals surface area contributed by atoms with Gasteiger partial charge in [-0.3, -0.25) is 4.79 Å². The van der Waals surface area contributed by atoms with Crippen LogP contribution in [0.15, 0.2) is 6.07 Å². The van der Waals surface area contributed by atoms with E-state index in [1.807, 2.05) is 13.8 Å². The molecule has 1 heterocycles. The molecule has 0 saturated heterocycles. The van der Waals surface area contributed by atoms with Gasteiger partial charge in [-0.1, -0.05) is 6.92 Å². The summed E-state index contributed by atoms with van der Waals surface area (Å²) in [5.41, 5.74) is 2.49. The molecule has 1 aromatic heterocycles. The molecule has 0 fully saturated rings. The van der Waals surface area contributed by atoms with Gasteiger partial charge in [0.05, 0.1) is 0 Å². The van der Waals surface area contributed by atoms with E-state index in [1.165, 1.54) is 0 Å². The van der Waals surface area contributed by atoms with Crippen molar-refractivity contribution >= 4 is 17.5 Å². The predicted molar refractivity (Wildman–Crippen MR) is 71.0 cm³/mol. The average molecular weight is 252 g/mol.